The summed E-state index contributed by atoms with van der Waals surface area (Å²) in [5, 5.41) is 22.2. The largest absolute Gasteiger partial charge is 0.377 e. The Kier molecular flexibility index (Phi) is 5.18. The predicted octanol–water partition coefficient (Wildman–Crippen LogP) is 4.32. The number of anilines is 2. The maximum Gasteiger partial charge on any atom is 0.293 e. The second kappa shape index (κ2) is 7.92. The number of amides is 1. The van der Waals surface area contributed by atoms with E-state index in [1.54, 1.807) is 41.2 Å². The normalized spacial score (nSPS) is 13.1. The third-order valence-electron chi connectivity index (χ3n) is 4.60. The number of nitro benzene ring substituents is 1. The monoisotopic (exact) mass is 411 g/mol. The second-order valence-electron chi connectivity index (χ2n) is 6.86. The van der Waals surface area contributed by atoms with E-state index in [4.69, 9.17) is 11.6 Å². The molecule has 1 heterocycles. The van der Waals surface area contributed by atoms with Gasteiger partial charge < -0.3 is 10.6 Å². The molecular formula is C20H18ClN5O3. The van der Waals surface area contributed by atoms with Gasteiger partial charge in [-0.05, 0) is 42.7 Å². The molecule has 9 heteroatoms. The number of aromatic nitrogens is 2. The van der Waals surface area contributed by atoms with Crippen LogP contribution in [0.25, 0.3) is 0 Å². The molecule has 0 spiro atoms. The lowest BCUT2D eigenvalue weighted by Gasteiger charge is -2.10. The van der Waals surface area contributed by atoms with Crippen molar-refractivity contribution in [3.05, 3.63) is 81.0 Å². The van der Waals surface area contributed by atoms with Gasteiger partial charge in [0.05, 0.1) is 17.7 Å². The van der Waals surface area contributed by atoms with Crippen LogP contribution in [0.1, 0.15) is 28.8 Å². The summed E-state index contributed by atoms with van der Waals surface area (Å²) in [6.45, 7) is 0.449. The Labute approximate surface area is 171 Å². The van der Waals surface area contributed by atoms with Crippen molar-refractivity contribution in [2.75, 3.05) is 10.6 Å². The molecule has 2 aromatic carbocycles. The highest BCUT2D eigenvalue weighted by Crippen LogP contribution is 2.31. The quantitative estimate of drug-likeness (QED) is 0.445. The van der Waals surface area contributed by atoms with Crippen LogP contribution < -0.4 is 10.6 Å². The van der Waals surface area contributed by atoms with Crippen molar-refractivity contribution in [2.24, 2.45) is 0 Å². The first-order chi connectivity index (χ1) is 14.0. The Balaban J connectivity index is 1.51. The predicted molar refractivity (Wildman–Crippen MR) is 110 cm³/mol. The smallest absolute Gasteiger partial charge is 0.293 e. The number of carbonyl (C=O) groups is 1. The molecule has 148 valence electrons. The van der Waals surface area contributed by atoms with Crippen LogP contribution in [-0.4, -0.2) is 26.7 Å². The lowest BCUT2D eigenvalue weighted by molar-refractivity contribution is -0.384. The maximum atomic E-state index is 12.7. The fraction of sp³-hybridized carbons (Fsp3) is 0.200. The van der Waals surface area contributed by atoms with Gasteiger partial charge in [0.15, 0.2) is 0 Å². The third kappa shape index (κ3) is 4.55. The molecule has 3 aromatic rings. The number of carbonyl (C=O) groups excluding carboxylic acids is 1. The van der Waals surface area contributed by atoms with Crippen molar-refractivity contribution < 1.29 is 9.72 Å². The minimum absolute atomic E-state index is 0.112. The van der Waals surface area contributed by atoms with Crippen LogP contribution in [0.4, 0.5) is 17.2 Å². The van der Waals surface area contributed by atoms with Gasteiger partial charge in [0, 0.05) is 28.8 Å². The summed E-state index contributed by atoms with van der Waals surface area (Å²) in [7, 11) is 0. The van der Waals surface area contributed by atoms with Crippen molar-refractivity contribution in [3.63, 3.8) is 0 Å². The first-order valence-corrected chi connectivity index (χ1v) is 9.50. The van der Waals surface area contributed by atoms with Gasteiger partial charge in [-0.15, -0.1) is 0 Å². The highest BCUT2D eigenvalue weighted by atomic mass is 35.5. The van der Waals surface area contributed by atoms with Crippen molar-refractivity contribution >= 4 is 34.7 Å². The minimum Gasteiger partial charge on any atom is -0.377 e. The van der Waals surface area contributed by atoms with Crippen molar-refractivity contribution in [2.45, 2.75) is 25.4 Å². The average molecular weight is 412 g/mol. The molecule has 1 saturated carbocycles. The molecule has 2 N–H and O–H groups in total. The van der Waals surface area contributed by atoms with Crippen molar-refractivity contribution in [1.29, 1.82) is 0 Å². The molecule has 8 nitrogen and oxygen atoms in total. The molecule has 1 aliphatic rings. The number of nitrogens with zero attached hydrogens (tertiary/aromatic N) is 3. The van der Waals surface area contributed by atoms with Crippen LogP contribution in [0, 0.1) is 10.1 Å². The molecule has 1 aliphatic carbocycles. The summed E-state index contributed by atoms with van der Waals surface area (Å²) < 4.78 is 1.64. The molecular weight excluding hydrogens is 394 g/mol. The van der Waals surface area contributed by atoms with E-state index in [2.05, 4.69) is 15.7 Å². The lowest BCUT2D eigenvalue weighted by Crippen LogP contribution is -2.16. The third-order valence-corrected chi connectivity index (χ3v) is 4.85. The van der Waals surface area contributed by atoms with Gasteiger partial charge in [0.25, 0.3) is 11.6 Å². The molecule has 4 rings (SSSR count). The van der Waals surface area contributed by atoms with Crippen LogP contribution in [0.3, 0.4) is 0 Å². The second-order valence-corrected chi connectivity index (χ2v) is 7.30. The van der Waals surface area contributed by atoms with Gasteiger partial charge in [-0.1, -0.05) is 23.7 Å². The fourth-order valence-corrected chi connectivity index (χ4v) is 3.04. The van der Waals surface area contributed by atoms with Crippen molar-refractivity contribution in [3.8, 4) is 0 Å². The number of hydrogen-bond donors (Lipinski definition) is 2. The van der Waals surface area contributed by atoms with Gasteiger partial charge in [0.2, 0.25) is 0 Å². The van der Waals surface area contributed by atoms with Gasteiger partial charge >= 0.3 is 0 Å². The molecule has 1 fully saturated rings. The van der Waals surface area contributed by atoms with E-state index < -0.39 is 10.8 Å². The topological polar surface area (TPSA) is 102 Å². The van der Waals surface area contributed by atoms with Crippen LogP contribution in [-0.2, 0) is 6.54 Å². The molecule has 0 unspecified atom stereocenters. The number of hydrogen-bond acceptors (Lipinski definition) is 5. The first kappa shape index (κ1) is 18.9. The summed E-state index contributed by atoms with van der Waals surface area (Å²) in [5.74, 6) is 0.0525. The number of rotatable bonds is 7. The summed E-state index contributed by atoms with van der Waals surface area (Å²) >= 11 is 5.91. The first-order valence-electron chi connectivity index (χ1n) is 9.12. The van der Waals surface area contributed by atoms with Crippen LogP contribution >= 0.6 is 11.6 Å². The zero-order valence-corrected chi connectivity index (χ0v) is 16.1. The molecule has 0 saturated heterocycles. The van der Waals surface area contributed by atoms with E-state index in [0.29, 0.717) is 23.1 Å². The number of halogens is 1. The Bertz CT molecular complexity index is 1060. The van der Waals surface area contributed by atoms with Gasteiger partial charge in [-0.25, -0.2) is 4.68 Å². The van der Waals surface area contributed by atoms with Gasteiger partial charge in [-0.2, -0.15) is 5.10 Å². The van der Waals surface area contributed by atoms with E-state index in [1.807, 2.05) is 12.1 Å². The van der Waals surface area contributed by atoms with E-state index in [-0.39, 0.29) is 17.3 Å². The van der Waals surface area contributed by atoms with Crippen LogP contribution in [0.2, 0.25) is 5.02 Å². The molecule has 0 bridgehead atoms. The van der Waals surface area contributed by atoms with Gasteiger partial charge in [0.1, 0.15) is 11.5 Å². The molecule has 1 amide bonds. The SMILES string of the molecule is O=C(Nc1ccnn1Cc1ccc(Cl)cc1)c1ccc(NC2CC2)c([N+](=O)[O-])c1. The summed E-state index contributed by atoms with van der Waals surface area (Å²) in [6.07, 6.45) is 3.57. The van der Waals surface area contributed by atoms with E-state index in [1.165, 1.54) is 6.07 Å². The number of nitro groups is 1. The lowest BCUT2D eigenvalue weighted by atomic mass is 10.1. The standard InChI is InChI=1S/C20H18ClN5O3/c21-15-4-1-13(2-5-15)12-25-19(9-10-22-25)24-20(27)14-3-8-17(23-16-6-7-16)18(11-14)26(28)29/h1-5,8-11,16,23H,6-7,12H2,(H,24,27). The minimum atomic E-state index is -0.480. The Hall–Kier alpha value is -3.39. The zero-order chi connectivity index (χ0) is 20.4. The van der Waals surface area contributed by atoms with Gasteiger partial charge in [-0.3, -0.25) is 14.9 Å². The highest BCUT2D eigenvalue weighted by molar-refractivity contribution is 6.30. The number of nitrogens with one attached hydrogen (secondary N) is 2. The van der Waals surface area contributed by atoms with E-state index in [0.717, 1.165) is 18.4 Å². The fourth-order valence-electron chi connectivity index (χ4n) is 2.91. The Morgan fingerprint density at radius 1 is 1.21 bits per heavy atom. The zero-order valence-electron chi connectivity index (χ0n) is 15.3. The molecule has 0 aliphatic heterocycles. The summed E-state index contributed by atoms with van der Waals surface area (Å²) in [5.41, 5.74) is 1.50. The van der Waals surface area contributed by atoms with Crippen LogP contribution in [0.15, 0.2) is 54.7 Å². The Morgan fingerprint density at radius 2 is 1.97 bits per heavy atom. The number of benzene rings is 2. The molecule has 1 aromatic heterocycles. The van der Waals surface area contributed by atoms with E-state index in [9.17, 15) is 14.9 Å². The highest BCUT2D eigenvalue weighted by Gasteiger charge is 2.25. The van der Waals surface area contributed by atoms with E-state index >= 15 is 0 Å². The molecule has 0 radical (unpaired) electrons. The van der Waals surface area contributed by atoms with Crippen molar-refractivity contribution in [1.82, 2.24) is 9.78 Å². The maximum absolute atomic E-state index is 12.7. The summed E-state index contributed by atoms with van der Waals surface area (Å²) in [6, 6.07) is 13.7. The Morgan fingerprint density at radius 3 is 2.66 bits per heavy atom. The van der Waals surface area contributed by atoms with Crippen LogP contribution in [0.5, 0.6) is 0 Å². The molecule has 0 atom stereocenters. The summed E-state index contributed by atoms with van der Waals surface area (Å²) in [4.78, 5) is 23.6. The average Bonchev–Trinajstić information content (AvgIpc) is 3.42. The molecule has 29 heavy (non-hydrogen) atoms.